The number of ether oxygens (including phenoxy) is 1. The molecule has 144 valence electrons. The number of amides is 1. The van der Waals surface area contributed by atoms with Gasteiger partial charge in [-0.25, -0.2) is 9.97 Å². The van der Waals surface area contributed by atoms with Crippen molar-refractivity contribution in [3.05, 3.63) is 77.2 Å². The molecular weight excluding hydrogens is 434 g/mol. The van der Waals surface area contributed by atoms with Crippen LogP contribution in [0.3, 0.4) is 0 Å². The Labute approximate surface area is 175 Å². The average Bonchev–Trinajstić information content (AvgIpc) is 2.73. The van der Waals surface area contributed by atoms with E-state index in [0.717, 1.165) is 21.1 Å². The van der Waals surface area contributed by atoms with E-state index in [4.69, 9.17) is 4.74 Å². The molecule has 29 heavy (non-hydrogen) atoms. The monoisotopic (exact) mass is 449 g/mol. The van der Waals surface area contributed by atoms with Crippen LogP contribution in [0.15, 0.2) is 71.5 Å². The van der Waals surface area contributed by atoms with Gasteiger partial charge in [0, 0.05) is 41.1 Å². The van der Waals surface area contributed by atoms with Crippen LogP contribution in [0.1, 0.15) is 10.5 Å². The summed E-state index contributed by atoms with van der Waals surface area (Å²) in [7, 11) is 1.56. The number of fused-ring (bicyclic) bond motifs is 1. The van der Waals surface area contributed by atoms with Gasteiger partial charge in [0.25, 0.3) is 5.91 Å². The topological polar surface area (TPSA) is 89.0 Å². The first-order valence-electron chi connectivity index (χ1n) is 8.76. The quantitative estimate of drug-likeness (QED) is 0.459. The molecule has 4 rings (SSSR count). The van der Waals surface area contributed by atoms with Gasteiger partial charge in [-0.05, 0) is 42.5 Å². The minimum Gasteiger partial charge on any atom is -0.457 e. The highest BCUT2D eigenvalue weighted by atomic mass is 79.9. The molecule has 0 bridgehead atoms. The second-order valence-electron chi connectivity index (χ2n) is 6.11. The summed E-state index contributed by atoms with van der Waals surface area (Å²) in [5.41, 5.74) is 1.96. The van der Waals surface area contributed by atoms with Crippen LogP contribution >= 0.6 is 15.9 Å². The summed E-state index contributed by atoms with van der Waals surface area (Å²) < 4.78 is 6.84. The van der Waals surface area contributed by atoms with Gasteiger partial charge >= 0.3 is 0 Å². The summed E-state index contributed by atoms with van der Waals surface area (Å²) >= 11 is 3.45. The number of anilines is 2. The molecule has 0 aliphatic heterocycles. The molecule has 0 atom stereocenters. The minimum absolute atomic E-state index is 0.271. The van der Waals surface area contributed by atoms with E-state index in [9.17, 15) is 4.79 Å². The molecule has 2 heterocycles. The van der Waals surface area contributed by atoms with Gasteiger partial charge in [0.1, 0.15) is 17.2 Å². The number of carbonyl (C=O) groups is 1. The van der Waals surface area contributed by atoms with Gasteiger partial charge in [-0.1, -0.05) is 22.0 Å². The van der Waals surface area contributed by atoms with Gasteiger partial charge in [0.05, 0.1) is 5.52 Å². The van der Waals surface area contributed by atoms with Crippen molar-refractivity contribution in [1.82, 2.24) is 20.3 Å². The Morgan fingerprint density at radius 2 is 1.90 bits per heavy atom. The summed E-state index contributed by atoms with van der Waals surface area (Å²) in [5.74, 6) is 1.37. The Bertz CT molecular complexity index is 1200. The van der Waals surface area contributed by atoms with Gasteiger partial charge in [0.2, 0.25) is 5.95 Å². The Morgan fingerprint density at radius 1 is 1.03 bits per heavy atom. The highest BCUT2D eigenvalue weighted by Crippen LogP contribution is 2.26. The average molecular weight is 450 g/mol. The molecule has 0 fully saturated rings. The molecule has 0 saturated carbocycles. The van der Waals surface area contributed by atoms with Crippen molar-refractivity contribution in [2.75, 3.05) is 12.4 Å². The van der Waals surface area contributed by atoms with E-state index in [0.29, 0.717) is 17.4 Å². The van der Waals surface area contributed by atoms with Gasteiger partial charge in [-0.15, -0.1) is 0 Å². The summed E-state index contributed by atoms with van der Waals surface area (Å²) in [6.07, 6.45) is 3.27. The number of carbonyl (C=O) groups excluding carboxylic acids is 1. The zero-order valence-corrected chi connectivity index (χ0v) is 17.0. The Hall–Kier alpha value is -3.52. The highest BCUT2D eigenvalue weighted by Gasteiger charge is 2.08. The number of aromatic nitrogens is 3. The maximum absolute atomic E-state index is 11.7. The first-order valence-corrected chi connectivity index (χ1v) is 9.55. The predicted octanol–water partition coefficient (Wildman–Crippen LogP) is 4.68. The molecule has 0 unspecified atom stereocenters. The SMILES string of the molecule is CNC(=O)c1cc(Oc2ccc3nc(Nc4cccc(Br)c4)ncc3c2)ccn1. The van der Waals surface area contributed by atoms with E-state index < -0.39 is 0 Å². The predicted molar refractivity (Wildman–Crippen MR) is 115 cm³/mol. The molecule has 2 aromatic heterocycles. The number of pyridine rings is 1. The van der Waals surface area contributed by atoms with Crippen molar-refractivity contribution in [3.63, 3.8) is 0 Å². The first kappa shape index (κ1) is 18.8. The van der Waals surface area contributed by atoms with Gasteiger partial charge < -0.3 is 15.4 Å². The summed E-state index contributed by atoms with van der Waals surface area (Å²) in [6, 6.07) is 16.6. The summed E-state index contributed by atoms with van der Waals surface area (Å²) in [6.45, 7) is 0. The van der Waals surface area contributed by atoms with Crippen molar-refractivity contribution < 1.29 is 9.53 Å². The molecule has 4 aromatic rings. The molecule has 8 heteroatoms. The number of halogens is 1. The van der Waals surface area contributed by atoms with Gasteiger partial charge in [0.15, 0.2) is 0 Å². The number of nitrogens with zero attached hydrogens (tertiary/aromatic N) is 3. The Kier molecular flexibility index (Phi) is 5.35. The lowest BCUT2D eigenvalue weighted by Crippen LogP contribution is -2.18. The normalized spacial score (nSPS) is 10.6. The Balaban J connectivity index is 1.55. The van der Waals surface area contributed by atoms with Gasteiger partial charge in [-0.3, -0.25) is 9.78 Å². The molecule has 2 aromatic carbocycles. The molecule has 0 spiro atoms. The van der Waals surface area contributed by atoms with Crippen LogP contribution in [0.25, 0.3) is 10.9 Å². The van der Waals surface area contributed by atoms with Crippen molar-refractivity contribution >= 4 is 44.4 Å². The Morgan fingerprint density at radius 3 is 2.72 bits per heavy atom. The van der Waals surface area contributed by atoms with Crippen molar-refractivity contribution in [2.24, 2.45) is 0 Å². The van der Waals surface area contributed by atoms with Crippen LogP contribution in [0.2, 0.25) is 0 Å². The van der Waals surface area contributed by atoms with E-state index in [-0.39, 0.29) is 11.6 Å². The van der Waals surface area contributed by atoms with E-state index >= 15 is 0 Å². The zero-order valence-electron chi connectivity index (χ0n) is 15.4. The number of hydrogen-bond donors (Lipinski definition) is 2. The minimum atomic E-state index is -0.271. The highest BCUT2D eigenvalue weighted by molar-refractivity contribution is 9.10. The fourth-order valence-electron chi connectivity index (χ4n) is 2.69. The van der Waals surface area contributed by atoms with Crippen LogP contribution in [-0.4, -0.2) is 27.9 Å². The summed E-state index contributed by atoms with van der Waals surface area (Å²) in [4.78, 5) is 24.7. The molecule has 7 nitrogen and oxygen atoms in total. The molecule has 0 aliphatic carbocycles. The number of rotatable bonds is 5. The van der Waals surface area contributed by atoms with E-state index in [2.05, 4.69) is 41.5 Å². The van der Waals surface area contributed by atoms with Crippen LogP contribution < -0.4 is 15.4 Å². The molecule has 0 saturated heterocycles. The third kappa shape index (κ3) is 4.49. The lowest BCUT2D eigenvalue weighted by molar-refractivity contribution is 0.0958. The van der Waals surface area contributed by atoms with Gasteiger partial charge in [-0.2, -0.15) is 0 Å². The molecule has 1 amide bonds. The van der Waals surface area contributed by atoms with Crippen molar-refractivity contribution in [3.8, 4) is 11.5 Å². The fraction of sp³-hybridized carbons (Fsp3) is 0.0476. The third-order valence-electron chi connectivity index (χ3n) is 4.06. The van der Waals surface area contributed by atoms with Crippen molar-refractivity contribution in [2.45, 2.75) is 0 Å². The van der Waals surface area contributed by atoms with E-state index in [1.165, 1.54) is 6.20 Å². The second-order valence-corrected chi connectivity index (χ2v) is 7.02. The number of benzene rings is 2. The molecular formula is C21H16BrN5O2. The molecule has 2 N–H and O–H groups in total. The lowest BCUT2D eigenvalue weighted by atomic mass is 10.2. The third-order valence-corrected chi connectivity index (χ3v) is 4.55. The largest absolute Gasteiger partial charge is 0.457 e. The maximum atomic E-state index is 11.7. The summed E-state index contributed by atoms with van der Waals surface area (Å²) in [5, 5.41) is 6.56. The zero-order chi connectivity index (χ0) is 20.2. The number of hydrogen-bond acceptors (Lipinski definition) is 6. The van der Waals surface area contributed by atoms with Crippen LogP contribution in [-0.2, 0) is 0 Å². The molecule has 0 aliphatic rings. The fourth-order valence-corrected chi connectivity index (χ4v) is 3.09. The van der Waals surface area contributed by atoms with Crippen LogP contribution in [0.4, 0.5) is 11.6 Å². The van der Waals surface area contributed by atoms with E-state index in [1.54, 1.807) is 25.4 Å². The van der Waals surface area contributed by atoms with Crippen LogP contribution in [0, 0.1) is 0 Å². The smallest absolute Gasteiger partial charge is 0.269 e. The van der Waals surface area contributed by atoms with E-state index in [1.807, 2.05) is 42.5 Å². The lowest BCUT2D eigenvalue weighted by Gasteiger charge is -2.09. The van der Waals surface area contributed by atoms with Crippen molar-refractivity contribution in [1.29, 1.82) is 0 Å². The molecule has 0 radical (unpaired) electrons. The standard InChI is InChI=1S/C21H16BrN5O2/c1-23-20(28)19-11-17(7-8-24-19)29-16-5-6-18-13(9-16)12-25-21(27-18)26-15-4-2-3-14(22)10-15/h2-12H,1H3,(H,23,28)(H,25,26,27). The second kappa shape index (κ2) is 8.24. The maximum Gasteiger partial charge on any atom is 0.269 e. The number of nitrogens with one attached hydrogen (secondary N) is 2. The van der Waals surface area contributed by atoms with Crippen LogP contribution in [0.5, 0.6) is 11.5 Å². The first-order chi connectivity index (χ1) is 14.1.